The SMILES string of the molecule is O=C1[C@H]2[C@H](CN[C@@H]2c2nc3ccccc3s2)C(=O)N1c1ccccc1. The molecule has 2 saturated heterocycles. The minimum Gasteiger partial charge on any atom is -0.306 e. The van der Waals surface area contributed by atoms with Crippen LogP contribution in [0.15, 0.2) is 54.6 Å². The molecule has 0 unspecified atom stereocenters. The van der Waals surface area contributed by atoms with E-state index in [0.29, 0.717) is 12.2 Å². The number of para-hydroxylation sites is 2. The number of anilines is 1. The molecule has 5 rings (SSSR count). The molecule has 2 fully saturated rings. The number of carbonyl (C=O) groups is 2. The number of aromatic nitrogens is 1. The van der Waals surface area contributed by atoms with Crippen LogP contribution in [0.25, 0.3) is 10.2 Å². The second-order valence-electron chi connectivity index (χ2n) is 6.39. The Bertz CT molecular complexity index is 952. The summed E-state index contributed by atoms with van der Waals surface area (Å²) >= 11 is 1.59. The van der Waals surface area contributed by atoms with Crippen molar-refractivity contribution in [2.24, 2.45) is 11.8 Å². The zero-order valence-electron chi connectivity index (χ0n) is 13.3. The van der Waals surface area contributed by atoms with E-state index in [0.717, 1.165) is 15.2 Å². The predicted octanol–water partition coefficient (Wildman–Crippen LogP) is 2.75. The molecule has 5 nitrogen and oxygen atoms in total. The van der Waals surface area contributed by atoms with Crippen LogP contribution in [0.2, 0.25) is 0 Å². The van der Waals surface area contributed by atoms with Gasteiger partial charge >= 0.3 is 0 Å². The summed E-state index contributed by atoms with van der Waals surface area (Å²) in [5.74, 6) is -0.939. The van der Waals surface area contributed by atoms with Crippen LogP contribution in [0.4, 0.5) is 5.69 Å². The maximum Gasteiger partial charge on any atom is 0.239 e. The van der Waals surface area contributed by atoms with Crippen molar-refractivity contribution in [2.45, 2.75) is 6.04 Å². The quantitative estimate of drug-likeness (QED) is 0.723. The molecular formula is C19H15N3O2S. The Morgan fingerprint density at radius 1 is 1.00 bits per heavy atom. The number of hydrogen-bond acceptors (Lipinski definition) is 5. The molecule has 3 atom stereocenters. The van der Waals surface area contributed by atoms with E-state index >= 15 is 0 Å². The second-order valence-corrected chi connectivity index (χ2v) is 7.45. The van der Waals surface area contributed by atoms with Gasteiger partial charge in [-0.3, -0.25) is 9.59 Å². The molecule has 25 heavy (non-hydrogen) atoms. The topological polar surface area (TPSA) is 62.3 Å². The third-order valence-corrected chi connectivity index (χ3v) is 6.10. The number of benzene rings is 2. The second kappa shape index (κ2) is 5.47. The number of carbonyl (C=O) groups excluding carboxylic acids is 2. The number of hydrogen-bond donors (Lipinski definition) is 1. The lowest BCUT2D eigenvalue weighted by atomic mass is 9.93. The van der Waals surface area contributed by atoms with Gasteiger partial charge in [0.15, 0.2) is 0 Å². The van der Waals surface area contributed by atoms with Gasteiger partial charge in [-0.15, -0.1) is 11.3 Å². The number of nitrogens with one attached hydrogen (secondary N) is 1. The number of nitrogens with zero attached hydrogens (tertiary/aromatic N) is 2. The Labute approximate surface area is 148 Å². The summed E-state index contributed by atoms with van der Waals surface area (Å²) in [6.45, 7) is 0.513. The highest BCUT2D eigenvalue weighted by atomic mass is 32.1. The Balaban J connectivity index is 1.53. The third kappa shape index (κ3) is 2.14. The molecule has 0 bridgehead atoms. The van der Waals surface area contributed by atoms with E-state index in [-0.39, 0.29) is 29.7 Å². The molecule has 0 spiro atoms. The molecule has 2 aliphatic heterocycles. The van der Waals surface area contributed by atoms with Crippen molar-refractivity contribution in [1.82, 2.24) is 10.3 Å². The van der Waals surface area contributed by atoms with E-state index in [2.05, 4.69) is 10.3 Å². The van der Waals surface area contributed by atoms with Crippen molar-refractivity contribution in [2.75, 3.05) is 11.4 Å². The molecule has 0 aliphatic carbocycles. The molecule has 2 aromatic carbocycles. The van der Waals surface area contributed by atoms with Gasteiger partial charge in [-0.25, -0.2) is 9.88 Å². The zero-order valence-corrected chi connectivity index (χ0v) is 14.1. The van der Waals surface area contributed by atoms with Crippen molar-refractivity contribution >= 4 is 39.1 Å². The number of thiazole rings is 1. The van der Waals surface area contributed by atoms with E-state index in [1.807, 2.05) is 42.5 Å². The molecule has 0 radical (unpaired) electrons. The summed E-state index contributed by atoms with van der Waals surface area (Å²) in [5.41, 5.74) is 1.58. The maximum atomic E-state index is 13.0. The van der Waals surface area contributed by atoms with Crippen LogP contribution >= 0.6 is 11.3 Å². The predicted molar refractivity (Wildman–Crippen MR) is 96.3 cm³/mol. The minimum absolute atomic E-state index is 0.114. The van der Waals surface area contributed by atoms with Gasteiger partial charge < -0.3 is 5.32 Å². The number of fused-ring (bicyclic) bond motifs is 2. The first kappa shape index (κ1) is 14.7. The number of imide groups is 1. The Morgan fingerprint density at radius 2 is 1.76 bits per heavy atom. The van der Waals surface area contributed by atoms with Crippen molar-refractivity contribution in [1.29, 1.82) is 0 Å². The highest BCUT2D eigenvalue weighted by Gasteiger charge is 2.55. The molecule has 6 heteroatoms. The monoisotopic (exact) mass is 349 g/mol. The van der Waals surface area contributed by atoms with E-state index < -0.39 is 0 Å². The average molecular weight is 349 g/mol. The highest BCUT2D eigenvalue weighted by Crippen LogP contribution is 2.43. The van der Waals surface area contributed by atoms with Crippen LogP contribution in [0.3, 0.4) is 0 Å². The molecule has 0 saturated carbocycles. The first-order valence-corrected chi connectivity index (χ1v) is 9.07. The maximum absolute atomic E-state index is 13.0. The molecule has 2 aliphatic rings. The van der Waals surface area contributed by atoms with E-state index in [9.17, 15) is 9.59 Å². The van der Waals surface area contributed by atoms with Crippen molar-refractivity contribution < 1.29 is 9.59 Å². The van der Waals surface area contributed by atoms with E-state index in [1.165, 1.54) is 4.90 Å². The fourth-order valence-electron chi connectivity index (χ4n) is 3.81. The zero-order chi connectivity index (χ0) is 17.0. The van der Waals surface area contributed by atoms with Gasteiger partial charge in [0.1, 0.15) is 5.01 Å². The largest absolute Gasteiger partial charge is 0.306 e. The van der Waals surface area contributed by atoms with Crippen molar-refractivity contribution in [3.05, 3.63) is 59.6 Å². The third-order valence-electron chi connectivity index (χ3n) is 4.98. The summed E-state index contributed by atoms with van der Waals surface area (Å²) in [5, 5.41) is 4.23. The van der Waals surface area contributed by atoms with Crippen molar-refractivity contribution in [3.8, 4) is 0 Å². The molecule has 2 amide bonds. The van der Waals surface area contributed by atoms with Gasteiger partial charge in [0, 0.05) is 6.54 Å². The van der Waals surface area contributed by atoms with Gasteiger partial charge in [0.05, 0.1) is 33.8 Å². The van der Waals surface area contributed by atoms with Crippen LogP contribution in [0, 0.1) is 11.8 Å². The molecular weight excluding hydrogens is 334 g/mol. The Kier molecular flexibility index (Phi) is 3.23. The standard InChI is InChI=1S/C19H15N3O2S/c23-18-12-10-20-16(17-21-13-8-4-5-9-14(13)25-17)15(12)19(24)22(18)11-6-2-1-3-7-11/h1-9,12,15-16,20H,10H2/t12-,15-,16-/m0/s1. The molecule has 3 heterocycles. The van der Waals surface area contributed by atoms with Crippen LogP contribution in [0.1, 0.15) is 11.0 Å². The molecule has 124 valence electrons. The normalized spacial score (nSPS) is 25.8. The van der Waals surface area contributed by atoms with Gasteiger partial charge in [-0.05, 0) is 24.3 Å². The van der Waals surface area contributed by atoms with Gasteiger partial charge in [-0.2, -0.15) is 0 Å². The lowest BCUT2D eigenvalue weighted by Gasteiger charge is -2.18. The van der Waals surface area contributed by atoms with Crippen molar-refractivity contribution in [3.63, 3.8) is 0 Å². The molecule has 1 N–H and O–H groups in total. The summed E-state index contributed by atoms with van der Waals surface area (Å²) in [7, 11) is 0. The number of rotatable bonds is 2. The van der Waals surface area contributed by atoms with Gasteiger partial charge in [0.25, 0.3) is 0 Å². The van der Waals surface area contributed by atoms with Gasteiger partial charge in [-0.1, -0.05) is 30.3 Å². The van der Waals surface area contributed by atoms with Crippen LogP contribution < -0.4 is 10.2 Å². The summed E-state index contributed by atoms with van der Waals surface area (Å²) in [4.78, 5) is 31.9. The fraction of sp³-hybridized carbons (Fsp3) is 0.211. The lowest BCUT2D eigenvalue weighted by Crippen LogP contribution is -2.35. The Morgan fingerprint density at radius 3 is 2.56 bits per heavy atom. The van der Waals surface area contributed by atoms with Crippen LogP contribution in [0.5, 0.6) is 0 Å². The van der Waals surface area contributed by atoms with Crippen LogP contribution in [-0.2, 0) is 9.59 Å². The van der Waals surface area contributed by atoms with E-state index in [4.69, 9.17) is 0 Å². The fourth-order valence-corrected chi connectivity index (χ4v) is 4.91. The van der Waals surface area contributed by atoms with Gasteiger partial charge in [0.2, 0.25) is 11.8 Å². The average Bonchev–Trinajstić information content (AvgIpc) is 3.31. The first-order chi connectivity index (χ1) is 12.2. The van der Waals surface area contributed by atoms with E-state index in [1.54, 1.807) is 23.5 Å². The summed E-state index contributed by atoms with van der Waals surface area (Å²) in [6, 6.07) is 16.9. The minimum atomic E-state index is -0.381. The Hall–Kier alpha value is -2.57. The smallest absolute Gasteiger partial charge is 0.239 e. The lowest BCUT2D eigenvalue weighted by molar-refractivity contribution is -0.123. The summed E-state index contributed by atoms with van der Waals surface area (Å²) < 4.78 is 1.10. The molecule has 1 aromatic heterocycles. The van der Waals surface area contributed by atoms with Crippen LogP contribution in [-0.4, -0.2) is 23.3 Å². The first-order valence-electron chi connectivity index (χ1n) is 8.26. The number of amides is 2. The molecule has 3 aromatic rings. The summed E-state index contributed by atoms with van der Waals surface area (Å²) in [6.07, 6.45) is 0. The highest BCUT2D eigenvalue weighted by molar-refractivity contribution is 7.18.